The summed E-state index contributed by atoms with van der Waals surface area (Å²) in [6.45, 7) is 2.03. The Morgan fingerprint density at radius 2 is 2.00 bits per heavy atom. The Morgan fingerprint density at radius 1 is 1.23 bits per heavy atom. The van der Waals surface area contributed by atoms with E-state index in [4.69, 9.17) is 0 Å². The SMILES string of the molecule is C[C@@H](c1cccs1)N(C)C(=O)c1cc(-c2ccccc2)n[nH]1. The summed E-state index contributed by atoms with van der Waals surface area (Å²) in [7, 11) is 1.82. The van der Waals surface area contributed by atoms with Gasteiger partial charge in [0.2, 0.25) is 0 Å². The minimum Gasteiger partial charge on any atom is -0.333 e. The first-order valence-corrected chi connectivity index (χ1v) is 7.96. The summed E-state index contributed by atoms with van der Waals surface area (Å²) < 4.78 is 0. The maximum Gasteiger partial charge on any atom is 0.272 e. The first-order valence-electron chi connectivity index (χ1n) is 7.08. The number of hydrogen-bond acceptors (Lipinski definition) is 3. The predicted octanol–water partition coefficient (Wildman–Crippen LogP) is 3.97. The quantitative estimate of drug-likeness (QED) is 0.792. The van der Waals surface area contributed by atoms with Gasteiger partial charge in [-0.2, -0.15) is 5.10 Å². The number of hydrogen-bond donors (Lipinski definition) is 1. The van der Waals surface area contributed by atoms with Crippen LogP contribution in [-0.4, -0.2) is 28.1 Å². The van der Waals surface area contributed by atoms with Crippen LogP contribution in [-0.2, 0) is 0 Å². The van der Waals surface area contributed by atoms with Crippen LogP contribution in [0.5, 0.6) is 0 Å². The average molecular weight is 311 g/mol. The van der Waals surface area contributed by atoms with E-state index < -0.39 is 0 Å². The monoisotopic (exact) mass is 311 g/mol. The number of carbonyl (C=O) groups is 1. The second kappa shape index (κ2) is 6.15. The van der Waals surface area contributed by atoms with E-state index in [0.29, 0.717) is 5.69 Å². The van der Waals surface area contributed by atoms with Crippen LogP contribution in [0.25, 0.3) is 11.3 Å². The maximum atomic E-state index is 12.6. The molecule has 5 heteroatoms. The van der Waals surface area contributed by atoms with E-state index >= 15 is 0 Å². The Hall–Kier alpha value is -2.40. The van der Waals surface area contributed by atoms with Gasteiger partial charge < -0.3 is 4.90 Å². The molecule has 3 aromatic rings. The van der Waals surface area contributed by atoms with Gasteiger partial charge in [0.25, 0.3) is 5.91 Å². The standard InChI is InChI=1S/C17H17N3OS/c1-12(16-9-6-10-22-16)20(2)17(21)15-11-14(18-19-15)13-7-4-3-5-8-13/h3-12H,1-2H3,(H,18,19)/t12-/m0/s1. The Kier molecular flexibility index (Phi) is 4.06. The molecule has 0 saturated carbocycles. The minimum atomic E-state index is -0.0596. The topological polar surface area (TPSA) is 49.0 Å². The zero-order chi connectivity index (χ0) is 15.5. The van der Waals surface area contributed by atoms with Crippen molar-refractivity contribution >= 4 is 17.2 Å². The molecule has 1 N–H and O–H groups in total. The zero-order valence-corrected chi connectivity index (χ0v) is 13.3. The van der Waals surface area contributed by atoms with Gasteiger partial charge in [-0.25, -0.2) is 0 Å². The second-order valence-corrected chi connectivity index (χ2v) is 6.12. The second-order valence-electron chi connectivity index (χ2n) is 5.14. The third-order valence-electron chi connectivity index (χ3n) is 3.73. The van der Waals surface area contributed by atoms with E-state index in [1.165, 1.54) is 4.88 Å². The fourth-order valence-corrected chi connectivity index (χ4v) is 3.10. The molecule has 3 rings (SSSR count). The highest BCUT2D eigenvalue weighted by Crippen LogP contribution is 2.25. The molecule has 0 aliphatic rings. The summed E-state index contributed by atoms with van der Waals surface area (Å²) in [6, 6.07) is 15.7. The molecule has 1 amide bonds. The molecule has 0 saturated heterocycles. The van der Waals surface area contributed by atoms with Gasteiger partial charge in [0.1, 0.15) is 5.69 Å². The fourth-order valence-electron chi connectivity index (χ4n) is 2.27. The van der Waals surface area contributed by atoms with Crippen LogP contribution >= 0.6 is 11.3 Å². The molecule has 0 radical (unpaired) electrons. The molecule has 1 atom stereocenters. The van der Waals surface area contributed by atoms with Gasteiger partial charge in [-0.1, -0.05) is 36.4 Å². The number of thiophene rings is 1. The Labute approximate surface area is 133 Å². The maximum absolute atomic E-state index is 12.6. The molecule has 0 unspecified atom stereocenters. The summed E-state index contributed by atoms with van der Waals surface area (Å²) >= 11 is 1.65. The van der Waals surface area contributed by atoms with Crippen molar-refractivity contribution in [2.75, 3.05) is 7.05 Å². The molecule has 2 aromatic heterocycles. The number of aromatic nitrogens is 2. The van der Waals surface area contributed by atoms with E-state index in [9.17, 15) is 4.79 Å². The molecule has 1 aromatic carbocycles. The highest BCUT2D eigenvalue weighted by molar-refractivity contribution is 7.10. The number of nitrogens with zero attached hydrogens (tertiary/aromatic N) is 2. The Bertz CT molecular complexity index is 749. The summed E-state index contributed by atoms with van der Waals surface area (Å²) in [5.41, 5.74) is 2.28. The lowest BCUT2D eigenvalue weighted by Crippen LogP contribution is -2.29. The van der Waals surface area contributed by atoms with Crippen molar-refractivity contribution in [1.82, 2.24) is 15.1 Å². The van der Waals surface area contributed by atoms with Crippen LogP contribution < -0.4 is 0 Å². The van der Waals surface area contributed by atoms with Gasteiger partial charge in [-0.05, 0) is 24.4 Å². The first kappa shape index (κ1) is 14.5. The number of amides is 1. The molecule has 4 nitrogen and oxygen atoms in total. The number of rotatable bonds is 4. The van der Waals surface area contributed by atoms with Gasteiger partial charge in [-0.3, -0.25) is 9.89 Å². The molecule has 0 bridgehead atoms. The van der Waals surface area contributed by atoms with Crippen LogP contribution in [0.3, 0.4) is 0 Å². The van der Waals surface area contributed by atoms with E-state index in [2.05, 4.69) is 10.2 Å². The lowest BCUT2D eigenvalue weighted by molar-refractivity contribution is 0.0739. The molecule has 22 heavy (non-hydrogen) atoms. The van der Waals surface area contributed by atoms with Gasteiger partial charge in [0.15, 0.2) is 0 Å². The number of nitrogens with one attached hydrogen (secondary N) is 1. The summed E-state index contributed by atoms with van der Waals surface area (Å²) in [6.07, 6.45) is 0. The molecular formula is C17H17N3OS. The lowest BCUT2D eigenvalue weighted by atomic mass is 10.1. The highest BCUT2D eigenvalue weighted by atomic mass is 32.1. The van der Waals surface area contributed by atoms with Crippen LogP contribution in [0.2, 0.25) is 0 Å². The van der Waals surface area contributed by atoms with E-state index in [1.54, 1.807) is 22.3 Å². The largest absolute Gasteiger partial charge is 0.333 e. The summed E-state index contributed by atoms with van der Waals surface area (Å²) in [5.74, 6) is -0.0596. The molecule has 2 heterocycles. The Morgan fingerprint density at radius 3 is 2.68 bits per heavy atom. The smallest absolute Gasteiger partial charge is 0.272 e. The molecule has 0 spiro atoms. The van der Waals surface area contributed by atoms with Crippen LogP contribution in [0.15, 0.2) is 53.9 Å². The predicted molar refractivity (Wildman–Crippen MR) is 88.9 cm³/mol. The average Bonchev–Trinajstić information content (AvgIpc) is 3.25. The highest BCUT2D eigenvalue weighted by Gasteiger charge is 2.21. The van der Waals surface area contributed by atoms with Crippen molar-refractivity contribution in [3.8, 4) is 11.3 Å². The lowest BCUT2D eigenvalue weighted by Gasteiger charge is -2.23. The third kappa shape index (κ3) is 2.80. The van der Waals surface area contributed by atoms with Gasteiger partial charge in [0.05, 0.1) is 11.7 Å². The van der Waals surface area contributed by atoms with Gasteiger partial charge >= 0.3 is 0 Å². The molecule has 0 fully saturated rings. The van der Waals surface area contributed by atoms with E-state index in [-0.39, 0.29) is 11.9 Å². The molecule has 0 aliphatic carbocycles. The fraction of sp³-hybridized carbons (Fsp3) is 0.176. The Balaban J connectivity index is 1.80. The minimum absolute atomic E-state index is 0.0379. The van der Waals surface area contributed by atoms with Crippen molar-refractivity contribution < 1.29 is 4.79 Å². The molecule has 112 valence electrons. The summed E-state index contributed by atoms with van der Waals surface area (Å²) in [4.78, 5) is 15.5. The van der Waals surface area contributed by atoms with Crippen molar-refractivity contribution in [1.29, 1.82) is 0 Å². The van der Waals surface area contributed by atoms with Gasteiger partial charge in [0, 0.05) is 17.5 Å². The van der Waals surface area contributed by atoms with Gasteiger partial charge in [-0.15, -0.1) is 11.3 Å². The number of benzene rings is 1. The van der Waals surface area contributed by atoms with E-state index in [1.807, 2.05) is 61.8 Å². The number of carbonyl (C=O) groups excluding carboxylic acids is 1. The number of H-pyrrole nitrogens is 1. The molecule has 0 aliphatic heterocycles. The first-order chi connectivity index (χ1) is 10.7. The zero-order valence-electron chi connectivity index (χ0n) is 12.5. The summed E-state index contributed by atoms with van der Waals surface area (Å²) in [5, 5.41) is 9.11. The van der Waals surface area contributed by atoms with Crippen molar-refractivity contribution in [2.45, 2.75) is 13.0 Å². The number of aromatic amines is 1. The van der Waals surface area contributed by atoms with Crippen LogP contribution in [0.4, 0.5) is 0 Å². The van der Waals surface area contributed by atoms with Crippen molar-refractivity contribution in [2.24, 2.45) is 0 Å². The molecular weight excluding hydrogens is 294 g/mol. The third-order valence-corrected chi connectivity index (χ3v) is 4.78. The van der Waals surface area contributed by atoms with Crippen LogP contribution in [0.1, 0.15) is 28.3 Å². The van der Waals surface area contributed by atoms with Crippen LogP contribution in [0, 0.1) is 0 Å². The van der Waals surface area contributed by atoms with Crippen molar-refractivity contribution in [3.63, 3.8) is 0 Å². The van der Waals surface area contributed by atoms with Crippen molar-refractivity contribution in [3.05, 3.63) is 64.5 Å². The van der Waals surface area contributed by atoms with E-state index in [0.717, 1.165) is 11.3 Å². The normalized spacial score (nSPS) is 12.1.